The molecule has 0 spiro atoms. The van der Waals surface area contributed by atoms with Gasteiger partial charge in [0.15, 0.2) is 0 Å². The van der Waals surface area contributed by atoms with Crippen LogP contribution >= 0.6 is 0 Å². The molecule has 132 valence electrons. The minimum absolute atomic E-state index is 0.0189. The predicted molar refractivity (Wildman–Crippen MR) is 95.4 cm³/mol. The summed E-state index contributed by atoms with van der Waals surface area (Å²) in [7, 11) is 0. The van der Waals surface area contributed by atoms with Crippen LogP contribution in [0.15, 0.2) is 24.3 Å². The van der Waals surface area contributed by atoms with Gasteiger partial charge in [-0.15, -0.1) is 0 Å². The SMILES string of the molecule is CC(C)(C)C(=O)NCc1ccc(C(=O)N2CCC(CN)CC2)cc1. The first-order valence-electron chi connectivity index (χ1n) is 8.68. The van der Waals surface area contributed by atoms with Crippen LogP contribution in [-0.4, -0.2) is 36.3 Å². The van der Waals surface area contributed by atoms with Gasteiger partial charge in [0.25, 0.3) is 5.91 Å². The second-order valence-corrected chi connectivity index (χ2v) is 7.60. The van der Waals surface area contributed by atoms with Crippen molar-refractivity contribution in [3.05, 3.63) is 35.4 Å². The quantitative estimate of drug-likeness (QED) is 0.888. The molecular formula is C19H29N3O2. The number of likely N-dealkylation sites (tertiary alicyclic amines) is 1. The van der Waals surface area contributed by atoms with Crippen molar-refractivity contribution >= 4 is 11.8 Å². The number of hydrogen-bond acceptors (Lipinski definition) is 3. The largest absolute Gasteiger partial charge is 0.352 e. The third-order valence-corrected chi connectivity index (χ3v) is 4.57. The van der Waals surface area contributed by atoms with Gasteiger partial charge in [0.2, 0.25) is 5.91 Å². The van der Waals surface area contributed by atoms with Gasteiger partial charge in [-0.3, -0.25) is 9.59 Å². The zero-order chi connectivity index (χ0) is 17.7. The number of carbonyl (C=O) groups is 2. The maximum Gasteiger partial charge on any atom is 0.253 e. The van der Waals surface area contributed by atoms with E-state index in [1.165, 1.54) is 0 Å². The van der Waals surface area contributed by atoms with Crippen LogP contribution in [0.1, 0.15) is 49.5 Å². The van der Waals surface area contributed by atoms with Crippen LogP contribution in [0.5, 0.6) is 0 Å². The molecule has 1 aliphatic heterocycles. The summed E-state index contributed by atoms with van der Waals surface area (Å²) in [6, 6.07) is 7.50. The Morgan fingerprint density at radius 3 is 2.25 bits per heavy atom. The summed E-state index contributed by atoms with van der Waals surface area (Å²) in [5, 5.41) is 2.92. The lowest BCUT2D eigenvalue weighted by Crippen LogP contribution is -2.40. The van der Waals surface area contributed by atoms with E-state index in [2.05, 4.69) is 5.32 Å². The molecule has 1 aromatic carbocycles. The van der Waals surface area contributed by atoms with E-state index < -0.39 is 5.41 Å². The van der Waals surface area contributed by atoms with Crippen molar-refractivity contribution < 1.29 is 9.59 Å². The molecule has 2 rings (SSSR count). The van der Waals surface area contributed by atoms with Crippen LogP contribution in [0.25, 0.3) is 0 Å². The van der Waals surface area contributed by atoms with Crippen molar-refractivity contribution in [2.75, 3.05) is 19.6 Å². The number of carbonyl (C=O) groups excluding carboxylic acids is 2. The second kappa shape index (κ2) is 7.79. The summed E-state index contributed by atoms with van der Waals surface area (Å²) in [6.07, 6.45) is 1.97. The number of piperidine rings is 1. The van der Waals surface area contributed by atoms with Crippen molar-refractivity contribution in [3.63, 3.8) is 0 Å². The first kappa shape index (κ1) is 18.5. The predicted octanol–water partition coefficient (Wildman–Crippen LogP) is 2.16. The number of hydrogen-bond donors (Lipinski definition) is 2. The second-order valence-electron chi connectivity index (χ2n) is 7.60. The van der Waals surface area contributed by atoms with Crippen LogP contribution in [0.4, 0.5) is 0 Å². The molecule has 0 atom stereocenters. The van der Waals surface area contributed by atoms with Gasteiger partial charge in [0, 0.05) is 30.6 Å². The Morgan fingerprint density at radius 2 is 1.75 bits per heavy atom. The van der Waals surface area contributed by atoms with E-state index in [9.17, 15) is 9.59 Å². The number of benzene rings is 1. The normalized spacial score (nSPS) is 16.1. The number of rotatable bonds is 4. The first-order valence-corrected chi connectivity index (χ1v) is 8.68. The van der Waals surface area contributed by atoms with E-state index in [1.807, 2.05) is 49.9 Å². The lowest BCUT2D eigenvalue weighted by Gasteiger charge is -2.31. The van der Waals surface area contributed by atoms with Gasteiger partial charge in [-0.05, 0) is 43.0 Å². The van der Waals surface area contributed by atoms with Gasteiger partial charge in [0.05, 0.1) is 0 Å². The molecule has 2 amide bonds. The standard InChI is InChI=1S/C19H29N3O2/c1-19(2,3)18(24)21-13-15-4-6-16(7-5-15)17(23)22-10-8-14(12-20)9-11-22/h4-7,14H,8-13,20H2,1-3H3,(H,21,24). The molecule has 1 saturated heterocycles. The van der Waals surface area contributed by atoms with E-state index >= 15 is 0 Å². The van der Waals surface area contributed by atoms with Crippen molar-refractivity contribution in [1.82, 2.24) is 10.2 Å². The Morgan fingerprint density at radius 1 is 1.17 bits per heavy atom. The zero-order valence-corrected chi connectivity index (χ0v) is 15.0. The highest BCUT2D eigenvalue weighted by Gasteiger charge is 2.23. The van der Waals surface area contributed by atoms with Gasteiger partial charge < -0.3 is 16.0 Å². The topological polar surface area (TPSA) is 75.4 Å². The van der Waals surface area contributed by atoms with Gasteiger partial charge in [-0.25, -0.2) is 0 Å². The lowest BCUT2D eigenvalue weighted by molar-refractivity contribution is -0.128. The molecule has 1 aliphatic rings. The van der Waals surface area contributed by atoms with E-state index in [1.54, 1.807) is 0 Å². The third-order valence-electron chi connectivity index (χ3n) is 4.57. The molecule has 5 heteroatoms. The molecule has 0 unspecified atom stereocenters. The van der Waals surface area contributed by atoms with Crippen molar-refractivity contribution in [1.29, 1.82) is 0 Å². The zero-order valence-electron chi connectivity index (χ0n) is 15.0. The van der Waals surface area contributed by atoms with Crippen molar-refractivity contribution in [3.8, 4) is 0 Å². The number of nitrogens with zero attached hydrogens (tertiary/aromatic N) is 1. The highest BCUT2D eigenvalue weighted by Crippen LogP contribution is 2.18. The van der Waals surface area contributed by atoms with Crippen LogP contribution in [0.3, 0.4) is 0 Å². The monoisotopic (exact) mass is 331 g/mol. The Hall–Kier alpha value is -1.88. The molecule has 3 N–H and O–H groups in total. The van der Waals surface area contributed by atoms with E-state index in [0.717, 1.165) is 31.5 Å². The Balaban J connectivity index is 1.90. The van der Waals surface area contributed by atoms with Gasteiger partial charge in [-0.1, -0.05) is 32.9 Å². The van der Waals surface area contributed by atoms with Gasteiger partial charge >= 0.3 is 0 Å². The average molecular weight is 331 g/mol. The van der Waals surface area contributed by atoms with Crippen molar-refractivity contribution in [2.24, 2.45) is 17.1 Å². The fraction of sp³-hybridized carbons (Fsp3) is 0.579. The minimum Gasteiger partial charge on any atom is -0.352 e. The molecule has 0 bridgehead atoms. The molecule has 0 radical (unpaired) electrons. The molecule has 1 fully saturated rings. The van der Waals surface area contributed by atoms with Crippen molar-refractivity contribution in [2.45, 2.75) is 40.2 Å². The van der Waals surface area contributed by atoms with E-state index in [4.69, 9.17) is 5.73 Å². The summed E-state index contributed by atoms with van der Waals surface area (Å²) < 4.78 is 0. The molecule has 24 heavy (non-hydrogen) atoms. The van der Waals surface area contributed by atoms with E-state index in [-0.39, 0.29) is 11.8 Å². The number of nitrogens with two attached hydrogens (primary N) is 1. The summed E-state index contributed by atoms with van der Waals surface area (Å²) in [5.74, 6) is 0.643. The Bertz CT molecular complexity index is 567. The summed E-state index contributed by atoms with van der Waals surface area (Å²) in [4.78, 5) is 26.3. The molecule has 0 saturated carbocycles. The first-order chi connectivity index (χ1) is 11.3. The third kappa shape index (κ3) is 4.81. The average Bonchev–Trinajstić information content (AvgIpc) is 2.58. The summed E-state index contributed by atoms with van der Waals surface area (Å²) in [5.41, 5.74) is 6.99. The van der Waals surface area contributed by atoms with Gasteiger partial charge in [-0.2, -0.15) is 0 Å². The van der Waals surface area contributed by atoms with Crippen LogP contribution in [-0.2, 0) is 11.3 Å². The molecule has 1 heterocycles. The Kier molecular flexibility index (Phi) is 5.99. The number of nitrogens with one attached hydrogen (secondary N) is 1. The minimum atomic E-state index is -0.397. The summed E-state index contributed by atoms with van der Waals surface area (Å²) in [6.45, 7) is 8.41. The molecule has 1 aromatic rings. The maximum atomic E-state index is 12.5. The molecule has 0 aliphatic carbocycles. The molecule has 0 aromatic heterocycles. The highest BCUT2D eigenvalue weighted by atomic mass is 16.2. The van der Waals surface area contributed by atoms with Crippen LogP contribution < -0.4 is 11.1 Å². The van der Waals surface area contributed by atoms with Crippen LogP contribution in [0, 0.1) is 11.3 Å². The van der Waals surface area contributed by atoms with E-state index in [0.29, 0.717) is 24.6 Å². The molecule has 5 nitrogen and oxygen atoms in total. The maximum absolute atomic E-state index is 12.5. The number of amides is 2. The Labute approximate surface area is 144 Å². The fourth-order valence-electron chi connectivity index (χ4n) is 2.77. The summed E-state index contributed by atoms with van der Waals surface area (Å²) >= 11 is 0. The molecular weight excluding hydrogens is 302 g/mol. The van der Waals surface area contributed by atoms with Gasteiger partial charge in [0.1, 0.15) is 0 Å². The van der Waals surface area contributed by atoms with Crippen LogP contribution in [0.2, 0.25) is 0 Å². The lowest BCUT2D eigenvalue weighted by atomic mass is 9.95. The highest BCUT2D eigenvalue weighted by molar-refractivity contribution is 5.94. The fourth-order valence-corrected chi connectivity index (χ4v) is 2.77. The smallest absolute Gasteiger partial charge is 0.253 e.